The summed E-state index contributed by atoms with van der Waals surface area (Å²) < 4.78 is 14.7. The summed E-state index contributed by atoms with van der Waals surface area (Å²) in [6, 6.07) is 0. The standard InChI is InChI=1S/C6H11O6P/c1-3-6(2,4-5(7)8)12-13(9,10)11/h3H,1,4H2,2H3,(H,7,8)(H2,9,10,11). The Kier molecular flexibility index (Phi) is 3.81. The maximum atomic E-state index is 10.4. The first-order valence-electron chi connectivity index (χ1n) is 3.30. The Labute approximate surface area is 75.1 Å². The van der Waals surface area contributed by atoms with E-state index in [1.165, 1.54) is 6.92 Å². The third kappa shape index (κ3) is 5.54. The summed E-state index contributed by atoms with van der Waals surface area (Å²) in [5.41, 5.74) is -1.55. The zero-order chi connectivity index (χ0) is 10.7. The Morgan fingerprint density at radius 3 is 2.38 bits per heavy atom. The smallest absolute Gasteiger partial charge is 0.470 e. The molecule has 76 valence electrons. The first-order chi connectivity index (χ1) is 5.68. The number of carboxylic acids is 1. The SMILES string of the molecule is C=CC(C)(CC(=O)O)OP(=O)(O)O. The molecule has 0 aromatic carbocycles. The number of phosphoric acid groups is 1. The maximum absolute atomic E-state index is 10.4. The van der Waals surface area contributed by atoms with E-state index in [9.17, 15) is 9.36 Å². The molecule has 0 aliphatic carbocycles. The molecule has 0 fully saturated rings. The second kappa shape index (κ2) is 4.02. The quantitative estimate of drug-likeness (QED) is 0.451. The summed E-state index contributed by atoms with van der Waals surface area (Å²) in [4.78, 5) is 27.2. The average molecular weight is 210 g/mol. The highest BCUT2D eigenvalue weighted by molar-refractivity contribution is 7.46. The Balaban J connectivity index is 4.55. The Morgan fingerprint density at radius 1 is 1.69 bits per heavy atom. The molecule has 0 saturated heterocycles. The number of carboxylic acid groups (broad SMARTS) is 1. The van der Waals surface area contributed by atoms with E-state index in [-0.39, 0.29) is 0 Å². The molecule has 3 N–H and O–H groups in total. The Morgan fingerprint density at radius 2 is 2.15 bits per heavy atom. The summed E-state index contributed by atoms with van der Waals surface area (Å²) in [6.45, 7) is 4.47. The van der Waals surface area contributed by atoms with E-state index < -0.39 is 25.8 Å². The van der Waals surface area contributed by atoms with Gasteiger partial charge in [-0.2, -0.15) is 0 Å². The van der Waals surface area contributed by atoms with E-state index in [1.807, 2.05) is 0 Å². The van der Waals surface area contributed by atoms with Gasteiger partial charge in [-0.1, -0.05) is 6.08 Å². The fraction of sp³-hybridized carbons (Fsp3) is 0.500. The lowest BCUT2D eigenvalue weighted by molar-refractivity contribution is -0.140. The number of aliphatic carboxylic acids is 1. The van der Waals surface area contributed by atoms with Gasteiger partial charge in [0.05, 0.1) is 6.42 Å². The van der Waals surface area contributed by atoms with Crippen molar-refractivity contribution in [2.45, 2.75) is 18.9 Å². The van der Waals surface area contributed by atoms with Crippen molar-refractivity contribution in [2.24, 2.45) is 0 Å². The highest BCUT2D eigenvalue weighted by Crippen LogP contribution is 2.42. The third-order valence-corrected chi connectivity index (χ3v) is 1.92. The summed E-state index contributed by atoms with van der Waals surface area (Å²) in [6.07, 6.45) is 0.488. The molecule has 0 aromatic heterocycles. The first kappa shape index (κ1) is 12.3. The largest absolute Gasteiger partial charge is 0.481 e. The van der Waals surface area contributed by atoms with Crippen molar-refractivity contribution >= 4 is 13.8 Å². The molecule has 0 bridgehead atoms. The number of hydrogen-bond acceptors (Lipinski definition) is 3. The lowest BCUT2D eigenvalue weighted by Crippen LogP contribution is -2.28. The molecule has 0 aliphatic heterocycles. The number of hydrogen-bond donors (Lipinski definition) is 3. The van der Waals surface area contributed by atoms with Crippen LogP contribution in [0.3, 0.4) is 0 Å². The predicted octanol–water partition coefficient (Wildman–Crippen LogP) is 0.515. The van der Waals surface area contributed by atoms with Crippen molar-refractivity contribution in [3.8, 4) is 0 Å². The van der Waals surface area contributed by atoms with Crippen LogP contribution < -0.4 is 0 Å². The zero-order valence-corrected chi connectivity index (χ0v) is 7.90. The van der Waals surface area contributed by atoms with E-state index >= 15 is 0 Å². The fourth-order valence-electron chi connectivity index (χ4n) is 0.714. The van der Waals surface area contributed by atoms with Crippen LogP contribution in [0.5, 0.6) is 0 Å². The number of phosphoric ester groups is 1. The van der Waals surface area contributed by atoms with Gasteiger partial charge in [0.25, 0.3) is 0 Å². The fourth-order valence-corrected chi connectivity index (χ4v) is 1.40. The van der Waals surface area contributed by atoms with Crippen molar-refractivity contribution in [3.63, 3.8) is 0 Å². The van der Waals surface area contributed by atoms with Crippen molar-refractivity contribution in [1.29, 1.82) is 0 Å². The molecule has 13 heavy (non-hydrogen) atoms. The first-order valence-corrected chi connectivity index (χ1v) is 4.83. The summed E-state index contributed by atoms with van der Waals surface area (Å²) >= 11 is 0. The van der Waals surface area contributed by atoms with Gasteiger partial charge in [0, 0.05) is 0 Å². The number of carbonyl (C=O) groups is 1. The summed E-state index contributed by atoms with van der Waals surface area (Å²) in [5.74, 6) is -1.23. The molecule has 0 rings (SSSR count). The highest BCUT2D eigenvalue weighted by Gasteiger charge is 2.32. The lowest BCUT2D eigenvalue weighted by atomic mass is 10.0. The van der Waals surface area contributed by atoms with E-state index in [0.29, 0.717) is 0 Å². The second-order valence-corrected chi connectivity index (χ2v) is 3.83. The molecule has 6 nitrogen and oxygen atoms in total. The topological polar surface area (TPSA) is 104 Å². The van der Waals surface area contributed by atoms with Crippen molar-refractivity contribution in [2.75, 3.05) is 0 Å². The van der Waals surface area contributed by atoms with Crippen LogP contribution in [0.2, 0.25) is 0 Å². The van der Waals surface area contributed by atoms with E-state index in [2.05, 4.69) is 11.1 Å². The normalized spacial score (nSPS) is 16.2. The lowest BCUT2D eigenvalue weighted by Gasteiger charge is -2.23. The molecule has 0 amide bonds. The van der Waals surface area contributed by atoms with E-state index in [4.69, 9.17) is 14.9 Å². The molecular formula is C6H11O6P. The Bertz CT molecular complexity index is 256. The van der Waals surface area contributed by atoms with Crippen molar-refractivity contribution < 1.29 is 28.8 Å². The van der Waals surface area contributed by atoms with E-state index in [1.54, 1.807) is 0 Å². The molecule has 0 aliphatic rings. The molecular weight excluding hydrogens is 199 g/mol. The second-order valence-electron chi connectivity index (χ2n) is 2.67. The van der Waals surface area contributed by atoms with Gasteiger partial charge < -0.3 is 14.9 Å². The van der Waals surface area contributed by atoms with Crippen LogP contribution in [-0.4, -0.2) is 26.5 Å². The van der Waals surface area contributed by atoms with Gasteiger partial charge in [-0.25, -0.2) is 4.57 Å². The van der Waals surface area contributed by atoms with Gasteiger partial charge in [-0.15, -0.1) is 6.58 Å². The van der Waals surface area contributed by atoms with Gasteiger partial charge in [-0.3, -0.25) is 9.32 Å². The number of rotatable bonds is 5. The molecule has 0 aromatic rings. The van der Waals surface area contributed by atoms with Crippen LogP contribution in [0.25, 0.3) is 0 Å². The average Bonchev–Trinajstić information content (AvgIpc) is 1.81. The van der Waals surface area contributed by atoms with Gasteiger partial charge in [0.2, 0.25) is 0 Å². The molecule has 1 unspecified atom stereocenters. The molecule has 7 heteroatoms. The Hall–Kier alpha value is -0.680. The van der Waals surface area contributed by atoms with Gasteiger partial charge in [0.15, 0.2) is 0 Å². The van der Waals surface area contributed by atoms with Crippen molar-refractivity contribution in [1.82, 2.24) is 0 Å². The highest BCUT2D eigenvalue weighted by atomic mass is 31.2. The minimum atomic E-state index is -4.69. The molecule has 1 atom stereocenters. The predicted molar refractivity (Wildman–Crippen MR) is 44.0 cm³/mol. The van der Waals surface area contributed by atoms with Crippen LogP contribution in [-0.2, 0) is 13.9 Å². The summed E-state index contributed by atoms with van der Waals surface area (Å²) in [7, 11) is -4.69. The minimum Gasteiger partial charge on any atom is -0.481 e. The van der Waals surface area contributed by atoms with Crippen LogP contribution in [0.15, 0.2) is 12.7 Å². The minimum absolute atomic E-state index is 0.554. The molecule has 0 saturated carbocycles. The van der Waals surface area contributed by atoms with Crippen LogP contribution >= 0.6 is 7.82 Å². The van der Waals surface area contributed by atoms with Crippen LogP contribution in [0.1, 0.15) is 13.3 Å². The third-order valence-electron chi connectivity index (χ3n) is 1.26. The van der Waals surface area contributed by atoms with Gasteiger partial charge >= 0.3 is 13.8 Å². The van der Waals surface area contributed by atoms with Crippen LogP contribution in [0, 0.1) is 0 Å². The monoisotopic (exact) mass is 210 g/mol. The van der Waals surface area contributed by atoms with Crippen molar-refractivity contribution in [3.05, 3.63) is 12.7 Å². The maximum Gasteiger partial charge on any atom is 0.470 e. The van der Waals surface area contributed by atoms with Crippen LogP contribution in [0.4, 0.5) is 0 Å². The summed E-state index contributed by atoms with van der Waals surface area (Å²) in [5, 5.41) is 8.40. The van der Waals surface area contributed by atoms with E-state index in [0.717, 1.165) is 6.08 Å². The zero-order valence-electron chi connectivity index (χ0n) is 7.01. The molecule has 0 radical (unpaired) electrons. The molecule has 0 heterocycles. The van der Waals surface area contributed by atoms with Gasteiger partial charge in [-0.05, 0) is 6.92 Å². The van der Waals surface area contributed by atoms with Gasteiger partial charge in [0.1, 0.15) is 5.60 Å². The molecule has 0 spiro atoms.